The van der Waals surface area contributed by atoms with Gasteiger partial charge in [-0.1, -0.05) is 44.9 Å². The highest BCUT2D eigenvalue weighted by Crippen LogP contribution is 2.78. The first kappa shape index (κ1) is 25.5. The van der Waals surface area contributed by atoms with E-state index in [9.17, 15) is 4.79 Å². The van der Waals surface area contributed by atoms with Crippen LogP contribution in [0.5, 0.6) is 0 Å². The zero-order valence-electron chi connectivity index (χ0n) is 20.5. The smallest absolute Gasteiger partial charge is 0.303 e. The summed E-state index contributed by atoms with van der Waals surface area (Å²) in [5.74, 6) is -0.639. The molecule has 3 aliphatic rings. The second-order valence-electron chi connectivity index (χ2n) is 11.2. The van der Waals surface area contributed by atoms with Gasteiger partial charge in [0, 0.05) is 13.7 Å². The minimum atomic E-state index is -0.765. The number of carboxylic acids is 1. The fourth-order valence-electron chi connectivity index (χ4n) is 7.67. The molecule has 180 valence electrons. The molecule has 2 nitrogen and oxygen atoms in total. The topological polar surface area (TPSA) is 37.3 Å². The van der Waals surface area contributed by atoms with Gasteiger partial charge in [0.15, 0.2) is 0 Å². The third-order valence-corrected chi connectivity index (χ3v) is 15.9. The summed E-state index contributed by atoms with van der Waals surface area (Å²) in [6.45, 7) is 0. The van der Waals surface area contributed by atoms with E-state index in [-0.39, 0.29) is 0 Å². The molecule has 0 spiro atoms. The number of aliphatic carboxylic acids is 1. The second kappa shape index (κ2) is 14.2. The van der Waals surface area contributed by atoms with E-state index in [4.69, 9.17) is 5.11 Å². The summed E-state index contributed by atoms with van der Waals surface area (Å²) in [5.41, 5.74) is 3.54. The molecule has 0 aromatic heterocycles. The van der Waals surface area contributed by atoms with Crippen LogP contribution in [0.1, 0.15) is 148 Å². The normalized spacial score (nSPS) is 21.4. The molecule has 0 atom stereocenters. The van der Waals surface area contributed by atoms with Gasteiger partial charge >= 0.3 is 5.97 Å². The Kier molecular flexibility index (Phi) is 11.7. The number of unbranched alkanes of at least 4 members (excludes halogenated alkanes) is 9. The van der Waals surface area contributed by atoms with Gasteiger partial charge in [-0.25, -0.2) is 0 Å². The molecule has 3 saturated carbocycles. The third-order valence-electron chi connectivity index (χ3n) is 9.20. The summed E-state index contributed by atoms with van der Waals surface area (Å²) in [6, 6.07) is 0. The Morgan fingerprint density at radius 3 is 1.23 bits per heavy atom. The quantitative estimate of drug-likeness (QED) is 0.187. The summed E-state index contributed by atoms with van der Waals surface area (Å²) >= 11 is 0. The Morgan fingerprint density at radius 2 is 0.871 bits per heavy atom. The first-order valence-corrected chi connectivity index (χ1v) is 16.5. The van der Waals surface area contributed by atoms with Gasteiger partial charge in [0.1, 0.15) is 0 Å². The van der Waals surface area contributed by atoms with E-state index >= 15 is 0 Å². The molecule has 3 heteroatoms. The monoisotopic (exact) mass is 451 g/mol. The van der Waals surface area contributed by atoms with Crippen LogP contribution in [0, 0.1) is 0 Å². The van der Waals surface area contributed by atoms with Crippen molar-refractivity contribution < 1.29 is 9.90 Å². The molecule has 0 aliphatic heterocycles. The van der Waals surface area contributed by atoms with E-state index in [1.807, 2.05) is 0 Å². The van der Waals surface area contributed by atoms with Crippen LogP contribution in [-0.2, 0) is 4.79 Å². The van der Waals surface area contributed by atoms with Crippen molar-refractivity contribution in [3.63, 3.8) is 0 Å². The average Bonchev–Trinajstić information content (AvgIpc) is 3.55. The predicted octanol–water partition coefficient (Wildman–Crippen LogP) is 9.21. The van der Waals surface area contributed by atoms with Gasteiger partial charge in [-0.15, -0.1) is 0 Å². The fourth-order valence-corrected chi connectivity index (χ4v) is 15.3. The van der Waals surface area contributed by atoms with Crippen LogP contribution in [0.15, 0.2) is 0 Å². The van der Waals surface area contributed by atoms with Crippen LogP contribution in [0.2, 0.25) is 0 Å². The first-order valence-electron chi connectivity index (χ1n) is 14.3. The van der Waals surface area contributed by atoms with E-state index < -0.39 is 13.2 Å². The van der Waals surface area contributed by atoms with Crippen molar-refractivity contribution in [3.8, 4) is 0 Å². The van der Waals surface area contributed by atoms with Crippen LogP contribution in [0.25, 0.3) is 0 Å². The third kappa shape index (κ3) is 7.72. The number of hydrogen-bond acceptors (Lipinski definition) is 1. The van der Waals surface area contributed by atoms with Crippen LogP contribution >= 0.6 is 7.26 Å². The number of carboxylic acid groups (broad SMARTS) is 1. The highest BCUT2D eigenvalue weighted by atomic mass is 31.2. The Labute approximate surface area is 194 Å². The summed E-state index contributed by atoms with van der Waals surface area (Å²) in [6.07, 6.45) is 34.1. The standard InChI is InChI=1S/C28H51O2P/c29-28(30)23-9-7-5-3-1-2-4-6-8-16-24-31(25-17-10-11-18-25,26-19-12-13-20-26)27-21-14-15-22-27/h25-27H,1-24H2/p+1. The van der Waals surface area contributed by atoms with E-state index in [0.29, 0.717) is 6.42 Å². The molecule has 0 saturated heterocycles. The van der Waals surface area contributed by atoms with E-state index in [0.717, 1.165) is 12.8 Å². The molecular formula is C28H52O2P+. The van der Waals surface area contributed by atoms with Gasteiger partial charge in [0.05, 0.1) is 23.1 Å². The van der Waals surface area contributed by atoms with Crippen LogP contribution < -0.4 is 0 Å². The molecule has 0 aromatic rings. The highest BCUT2D eigenvalue weighted by Gasteiger charge is 2.57. The lowest BCUT2D eigenvalue weighted by Gasteiger charge is -2.42. The van der Waals surface area contributed by atoms with Crippen molar-refractivity contribution in [2.75, 3.05) is 6.16 Å². The molecule has 3 aliphatic carbocycles. The zero-order chi connectivity index (χ0) is 21.8. The molecule has 3 fully saturated rings. The summed E-state index contributed by atoms with van der Waals surface area (Å²) in [7, 11) is -0.765. The number of rotatable bonds is 16. The molecule has 0 bridgehead atoms. The van der Waals surface area contributed by atoms with Crippen LogP contribution in [0.3, 0.4) is 0 Å². The van der Waals surface area contributed by atoms with Crippen molar-refractivity contribution >= 4 is 13.2 Å². The van der Waals surface area contributed by atoms with Gasteiger partial charge in [-0.2, -0.15) is 0 Å². The molecule has 0 aromatic carbocycles. The molecule has 31 heavy (non-hydrogen) atoms. The number of hydrogen-bond donors (Lipinski definition) is 1. The fraction of sp³-hybridized carbons (Fsp3) is 0.964. The van der Waals surface area contributed by atoms with Gasteiger partial charge < -0.3 is 5.11 Å². The largest absolute Gasteiger partial charge is 0.481 e. The van der Waals surface area contributed by atoms with E-state index in [1.54, 1.807) is 89.6 Å². The lowest BCUT2D eigenvalue weighted by Crippen LogP contribution is -2.31. The van der Waals surface area contributed by atoms with E-state index in [2.05, 4.69) is 0 Å². The van der Waals surface area contributed by atoms with Gasteiger partial charge in [-0.05, 0) is 96.3 Å². The van der Waals surface area contributed by atoms with Crippen molar-refractivity contribution in [1.29, 1.82) is 0 Å². The van der Waals surface area contributed by atoms with Crippen molar-refractivity contribution in [3.05, 3.63) is 0 Å². The highest BCUT2D eigenvalue weighted by molar-refractivity contribution is 7.77. The molecule has 0 radical (unpaired) electrons. The van der Waals surface area contributed by atoms with Crippen molar-refractivity contribution in [1.82, 2.24) is 0 Å². The summed E-state index contributed by atoms with van der Waals surface area (Å²) in [4.78, 5) is 10.5. The van der Waals surface area contributed by atoms with Gasteiger partial charge in [0.2, 0.25) is 0 Å². The molecule has 0 unspecified atom stereocenters. The minimum Gasteiger partial charge on any atom is -0.481 e. The SMILES string of the molecule is O=C(O)CCCCCCCCCCCC[P+](C1CCCC1)(C1CCCC1)C1CCCC1. The number of carbonyl (C=O) groups is 1. The maximum atomic E-state index is 10.5. The Morgan fingerprint density at radius 1 is 0.548 bits per heavy atom. The zero-order valence-corrected chi connectivity index (χ0v) is 21.4. The maximum Gasteiger partial charge on any atom is 0.303 e. The maximum absolute atomic E-state index is 10.5. The lowest BCUT2D eigenvalue weighted by atomic mass is 10.1. The minimum absolute atomic E-state index is 0.354. The summed E-state index contributed by atoms with van der Waals surface area (Å²) < 4.78 is 0. The molecule has 0 heterocycles. The van der Waals surface area contributed by atoms with Gasteiger partial charge in [-0.3, -0.25) is 4.79 Å². The van der Waals surface area contributed by atoms with Gasteiger partial charge in [0.25, 0.3) is 0 Å². The Bertz CT molecular complexity index is 446. The first-order chi connectivity index (χ1) is 15.2. The second-order valence-corrected chi connectivity index (χ2v) is 15.8. The van der Waals surface area contributed by atoms with Crippen LogP contribution in [-0.4, -0.2) is 34.2 Å². The molecular weight excluding hydrogens is 399 g/mol. The van der Waals surface area contributed by atoms with Crippen molar-refractivity contribution in [2.24, 2.45) is 0 Å². The Hall–Kier alpha value is -0.100. The van der Waals surface area contributed by atoms with Crippen molar-refractivity contribution in [2.45, 2.75) is 165 Å². The molecule has 1 N–H and O–H groups in total. The molecule has 3 rings (SSSR count). The molecule has 0 amide bonds. The Balaban J connectivity index is 1.36. The average molecular weight is 452 g/mol. The van der Waals surface area contributed by atoms with Crippen LogP contribution in [0.4, 0.5) is 0 Å². The summed E-state index contributed by atoms with van der Waals surface area (Å²) in [5, 5.41) is 8.69. The predicted molar refractivity (Wildman–Crippen MR) is 137 cm³/mol. The van der Waals surface area contributed by atoms with E-state index in [1.165, 1.54) is 61.9 Å². The lowest BCUT2D eigenvalue weighted by molar-refractivity contribution is -0.137.